The van der Waals surface area contributed by atoms with Gasteiger partial charge >= 0.3 is 0 Å². The van der Waals surface area contributed by atoms with Crippen molar-refractivity contribution in [1.29, 1.82) is 0 Å². The number of anilines is 1. The lowest BCUT2D eigenvalue weighted by Gasteiger charge is -2.13. The number of sulfonamides is 1. The smallest absolute Gasteiger partial charge is 0.263 e. The summed E-state index contributed by atoms with van der Waals surface area (Å²) in [6, 6.07) is 11.5. The second-order valence-corrected chi connectivity index (χ2v) is 9.18. The number of carbonyl (C=O) groups is 1. The Morgan fingerprint density at radius 2 is 1.90 bits per heavy atom. The van der Waals surface area contributed by atoms with Gasteiger partial charge in [0.25, 0.3) is 15.9 Å². The van der Waals surface area contributed by atoms with Crippen molar-refractivity contribution in [3.8, 4) is 5.75 Å². The number of methoxy groups -OCH3 is 1. The fourth-order valence-electron chi connectivity index (χ4n) is 2.69. The van der Waals surface area contributed by atoms with E-state index in [2.05, 4.69) is 15.0 Å². The summed E-state index contributed by atoms with van der Waals surface area (Å²) in [4.78, 5) is 16.5. The molecule has 0 spiro atoms. The minimum atomic E-state index is -3.76. The molecule has 8 nitrogen and oxygen atoms in total. The maximum Gasteiger partial charge on any atom is 0.263 e. The molecular weight excluding hydrogens is 438 g/mol. The van der Waals surface area contributed by atoms with Gasteiger partial charge in [-0.25, -0.2) is 13.4 Å². The van der Waals surface area contributed by atoms with Gasteiger partial charge in [-0.15, -0.1) is 11.3 Å². The number of thiazole rings is 1. The predicted molar refractivity (Wildman–Crippen MR) is 119 cm³/mol. The maximum atomic E-state index is 12.5. The number of hydrogen-bond acceptors (Lipinski definition) is 7. The number of carbonyl (C=O) groups excluding carboxylic acids is 1. The summed E-state index contributed by atoms with van der Waals surface area (Å²) < 4.78 is 37.9. The van der Waals surface area contributed by atoms with Crippen molar-refractivity contribution >= 4 is 32.4 Å². The van der Waals surface area contributed by atoms with Crippen LogP contribution in [0.4, 0.5) is 5.13 Å². The molecule has 3 rings (SSSR count). The summed E-state index contributed by atoms with van der Waals surface area (Å²) in [7, 11) is -2.16. The van der Waals surface area contributed by atoms with Crippen molar-refractivity contribution in [2.24, 2.45) is 0 Å². The lowest BCUT2D eigenvalue weighted by Crippen LogP contribution is -2.23. The summed E-state index contributed by atoms with van der Waals surface area (Å²) >= 11 is 1.18. The minimum Gasteiger partial charge on any atom is -0.491 e. The molecule has 2 aromatic carbocycles. The van der Waals surface area contributed by atoms with Gasteiger partial charge in [-0.2, -0.15) is 0 Å². The van der Waals surface area contributed by atoms with Crippen LogP contribution in [0.5, 0.6) is 5.75 Å². The molecule has 31 heavy (non-hydrogen) atoms. The van der Waals surface area contributed by atoms with Crippen LogP contribution in [0.15, 0.2) is 58.9 Å². The highest BCUT2D eigenvalue weighted by atomic mass is 32.2. The third kappa shape index (κ3) is 6.27. The molecule has 0 aliphatic rings. The van der Waals surface area contributed by atoms with E-state index in [4.69, 9.17) is 9.47 Å². The number of rotatable bonds is 10. The fourth-order valence-corrected chi connectivity index (χ4v) is 4.48. The van der Waals surface area contributed by atoms with E-state index in [-0.39, 0.29) is 22.5 Å². The molecular formula is C21H23N3O5S2. The summed E-state index contributed by atoms with van der Waals surface area (Å²) in [6.07, 6.45) is 1.51. The van der Waals surface area contributed by atoms with Crippen LogP contribution in [0, 0.1) is 6.92 Å². The lowest BCUT2D eigenvalue weighted by atomic mass is 10.1. The topological polar surface area (TPSA) is 107 Å². The molecule has 0 saturated carbocycles. The van der Waals surface area contributed by atoms with Crippen molar-refractivity contribution in [2.75, 3.05) is 25.0 Å². The molecule has 1 aromatic heterocycles. The average Bonchev–Trinajstić information content (AvgIpc) is 3.25. The Morgan fingerprint density at radius 3 is 2.58 bits per heavy atom. The van der Waals surface area contributed by atoms with Crippen LogP contribution in [0.2, 0.25) is 0 Å². The second kappa shape index (κ2) is 10.4. The third-order valence-electron chi connectivity index (χ3n) is 4.29. The Balaban J connectivity index is 1.64. The van der Waals surface area contributed by atoms with E-state index in [9.17, 15) is 13.2 Å². The van der Waals surface area contributed by atoms with Crippen LogP contribution in [-0.2, 0) is 21.3 Å². The van der Waals surface area contributed by atoms with Gasteiger partial charge in [0.15, 0.2) is 5.13 Å². The number of nitrogens with zero attached hydrogens (tertiary/aromatic N) is 1. The Hall–Kier alpha value is -2.95. The van der Waals surface area contributed by atoms with E-state index in [1.807, 2.05) is 25.1 Å². The van der Waals surface area contributed by atoms with Gasteiger partial charge in [0.05, 0.1) is 11.5 Å². The summed E-state index contributed by atoms with van der Waals surface area (Å²) in [6.45, 7) is 3.11. The number of ether oxygens (including phenoxy) is 2. The van der Waals surface area contributed by atoms with Gasteiger partial charge in [0.2, 0.25) is 0 Å². The van der Waals surface area contributed by atoms with Gasteiger partial charge in [0, 0.05) is 36.4 Å². The number of benzene rings is 2. The van der Waals surface area contributed by atoms with Crippen LogP contribution in [0.25, 0.3) is 0 Å². The van der Waals surface area contributed by atoms with E-state index in [1.165, 1.54) is 41.8 Å². The Morgan fingerprint density at radius 1 is 1.13 bits per heavy atom. The monoisotopic (exact) mass is 461 g/mol. The molecule has 2 N–H and O–H groups in total. The first-order valence-electron chi connectivity index (χ1n) is 9.41. The highest BCUT2D eigenvalue weighted by Gasteiger charge is 2.16. The van der Waals surface area contributed by atoms with Crippen molar-refractivity contribution in [1.82, 2.24) is 10.3 Å². The lowest BCUT2D eigenvalue weighted by molar-refractivity contribution is 0.0950. The van der Waals surface area contributed by atoms with Crippen molar-refractivity contribution < 1.29 is 22.7 Å². The van der Waals surface area contributed by atoms with Crippen LogP contribution in [-0.4, -0.2) is 39.6 Å². The predicted octanol–water partition coefficient (Wildman–Crippen LogP) is 3.21. The first-order chi connectivity index (χ1) is 14.9. The minimum absolute atomic E-state index is 0.0478. The second-order valence-electron chi connectivity index (χ2n) is 6.60. The molecule has 0 fully saturated rings. The molecule has 0 bridgehead atoms. The van der Waals surface area contributed by atoms with E-state index in [1.54, 1.807) is 12.5 Å². The summed E-state index contributed by atoms with van der Waals surface area (Å²) in [5, 5.41) is 4.79. The fraction of sp³-hybridized carbons (Fsp3) is 0.238. The van der Waals surface area contributed by atoms with Crippen LogP contribution < -0.4 is 14.8 Å². The Bertz CT molecular complexity index is 1110. The van der Waals surface area contributed by atoms with E-state index in [0.717, 1.165) is 11.1 Å². The molecule has 3 aromatic rings. The quantitative estimate of drug-likeness (QED) is 0.449. The van der Waals surface area contributed by atoms with Gasteiger partial charge in [0.1, 0.15) is 12.4 Å². The van der Waals surface area contributed by atoms with Crippen molar-refractivity contribution in [3.63, 3.8) is 0 Å². The van der Waals surface area contributed by atoms with Crippen LogP contribution in [0.1, 0.15) is 21.5 Å². The van der Waals surface area contributed by atoms with Crippen LogP contribution in [0.3, 0.4) is 0 Å². The van der Waals surface area contributed by atoms with E-state index >= 15 is 0 Å². The Kier molecular flexibility index (Phi) is 7.61. The molecule has 0 unspecified atom stereocenters. The number of hydrogen-bond donors (Lipinski definition) is 2. The average molecular weight is 462 g/mol. The van der Waals surface area contributed by atoms with Crippen LogP contribution >= 0.6 is 11.3 Å². The van der Waals surface area contributed by atoms with Gasteiger partial charge in [-0.05, 0) is 42.8 Å². The number of aryl methyl sites for hydroxylation is 1. The zero-order valence-electron chi connectivity index (χ0n) is 17.1. The maximum absolute atomic E-state index is 12.5. The highest BCUT2D eigenvalue weighted by Crippen LogP contribution is 2.21. The zero-order chi connectivity index (χ0) is 22.3. The first kappa shape index (κ1) is 22.7. The first-order valence-corrected chi connectivity index (χ1v) is 11.8. The van der Waals surface area contributed by atoms with E-state index < -0.39 is 10.0 Å². The molecule has 0 atom stereocenters. The molecule has 164 valence electrons. The molecule has 0 saturated heterocycles. The molecule has 1 heterocycles. The standard InChI is InChI=1S/C21H23N3O5S2/c1-15-3-4-17(19(13-15)29-11-10-28-2)14-23-20(25)16-5-7-18(8-6-16)31(26,27)24-21-22-9-12-30-21/h3-9,12-13H,10-11,14H2,1-2H3,(H,22,24)(H,23,25). The van der Waals surface area contributed by atoms with Gasteiger partial charge < -0.3 is 14.8 Å². The largest absolute Gasteiger partial charge is 0.491 e. The molecule has 0 aliphatic heterocycles. The SMILES string of the molecule is COCCOc1cc(C)ccc1CNC(=O)c1ccc(S(=O)(=O)Nc2nccs2)cc1. The third-order valence-corrected chi connectivity index (χ3v) is 6.46. The molecule has 10 heteroatoms. The number of amides is 1. The van der Waals surface area contributed by atoms with Gasteiger partial charge in [-0.3, -0.25) is 9.52 Å². The zero-order valence-corrected chi connectivity index (χ0v) is 18.8. The van der Waals surface area contributed by atoms with Crippen molar-refractivity contribution in [3.05, 3.63) is 70.7 Å². The van der Waals surface area contributed by atoms with E-state index in [0.29, 0.717) is 24.5 Å². The van der Waals surface area contributed by atoms with Gasteiger partial charge in [-0.1, -0.05) is 12.1 Å². The highest BCUT2D eigenvalue weighted by molar-refractivity contribution is 7.93. The normalized spacial score (nSPS) is 11.2. The molecule has 0 radical (unpaired) electrons. The number of aromatic nitrogens is 1. The number of nitrogens with one attached hydrogen (secondary N) is 2. The van der Waals surface area contributed by atoms with Crippen molar-refractivity contribution in [2.45, 2.75) is 18.4 Å². The molecule has 0 aliphatic carbocycles. The molecule has 1 amide bonds. The summed E-state index contributed by atoms with van der Waals surface area (Å²) in [5.74, 6) is 0.368. The Labute approximate surface area is 185 Å². The summed E-state index contributed by atoms with van der Waals surface area (Å²) in [5.41, 5.74) is 2.23.